The molecule has 4 aromatic rings. The number of hydrogen-bond donors (Lipinski definition) is 2. The van der Waals surface area contributed by atoms with Crippen LogP contribution in [0.2, 0.25) is 0 Å². The molecule has 2 aromatic heterocycles. The van der Waals surface area contributed by atoms with Crippen molar-refractivity contribution in [2.75, 3.05) is 19.0 Å². The van der Waals surface area contributed by atoms with Crippen LogP contribution in [0.25, 0.3) is 5.69 Å². The number of aryl methyl sites for hydroxylation is 3. The third-order valence-electron chi connectivity index (χ3n) is 7.56. The Labute approximate surface area is 241 Å². The van der Waals surface area contributed by atoms with Gasteiger partial charge in [0, 0.05) is 41.9 Å². The largest absolute Gasteiger partial charge is 0.497 e. The van der Waals surface area contributed by atoms with Gasteiger partial charge in [0.1, 0.15) is 5.75 Å². The molecule has 0 bridgehead atoms. The van der Waals surface area contributed by atoms with Crippen LogP contribution in [0.4, 0.5) is 5.69 Å². The number of rotatable bonds is 8. The molecule has 0 unspecified atom stereocenters. The van der Waals surface area contributed by atoms with E-state index in [9.17, 15) is 4.79 Å². The lowest BCUT2D eigenvalue weighted by molar-refractivity contribution is -0.116. The zero-order chi connectivity index (χ0) is 28.4. The van der Waals surface area contributed by atoms with Crippen molar-refractivity contribution < 1.29 is 9.53 Å². The molecule has 1 amide bonds. The first-order chi connectivity index (χ1) is 19.3. The van der Waals surface area contributed by atoms with Gasteiger partial charge in [-0.15, -0.1) is 0 Å². The summed E-state index contributed by atoms with van der Waals surface area (Å²) in [5.74, 6) is 0.776. The molecule has 2 aromatic carbocycles. The molecule has 2 atom stereocenters. The second kappa shape index (κ2) is 11.5. The van der Waals surface area contributed by atoms with Gasteiger partial charge in [0.15, 0.2) is 5.11 Å². The number of thiocarbonyl (C=S) groups is 1. The summed E-state index contributed by atoms with van der Waals surface area (Å²) in [6.45, 7) is 8.74. The molecular formula is C32H35N5O2S. The highest BCUT2D eigenvalue weighted by Gasteiger charge is 2.41. The summed E-state index contributed by atoms with van der Waals surface area (Å²) < 4.78 is 7.61. The second-order valence-corrected chi connectivity index (χ2v) is 10.7. The Morgan fingerprint density at radius 2 is 1.82 bits per heavy atom. The number of methoxy groups -OCH3 is 1. The molecule has 40 heavy (non-hydrogen) atoms. The van der Waals surface area contributed by atoms with Crippen molar-refractivity contribution in [2.45, 2.75) is 46.2 Å². The topological polar surface area (TPSA) is 71.4 Å². The van der Waals surface area contributed by atoms with Crippen LogP contribution in [0.5, 0.6) is 5.75 Å². The normalized spacial score (nSPS) is 16.6. The standard InChI is InChI=1S/C32H35N5O2S/c1-20-9-10-21(2)28(18-20)34-29(38)15-17-36-31(30(35-32(36)40)27-8-6-7-16-33-27)26-19-22(3)37(23(26)4)24-11-13-25(39-5)14-12-24/h6-14,16,18-19,30-31H,15,17H2,1-5H3,(H,34,38)(H,35,40)/t30-,31-/m0/s1. The van der Waals surface area contributed by atoms with Crippen molar-refractivity contribution in [1.82, 2.24) is 19.8 Å². The van der Waals surface area contributed by atoms with Crippen LogP contribution in [0.15, 0.2) is 72.9 Å². The summed E-state index contributed by atoms with van der Waals surface area (Å²) in [4.78, 5) is 19.9. The van der Waals surface area contributed by atoms with E-state index >= 15 is 0 Å². The van der Waals surface area contributed by atoms with Crippen molar-refractivity contribution in [3.05, 3.63) is 107 Å². The predicted octanol–water partition coefficient (Wildman–Crippen LogP) is 6.12. The van der Waals surface area contributed by atoms with Crippen LogP contribution < -0.4 is 15.4 Å². The van der Waals surface area contributed by atoms with Crippen molar-refractivity contribution in [2.24, 2.45) is 0 Å². The fraction of sp³-hybridized carbons (Fsp3) is 0.281. The van der Waals surface area contributed by atoms with Gasteiger partial charge < -0.3 is 24.8 Å². The highest BCUT2D eigenvalue weighted by molar-refractivity contribution is 7.80. The molecule has 1 saturated heterocycles. The molecule has 8 heteroatoms. The first-order valence-electron chi connectivity index (χ1n) is 13.4. The van der Waals surface area contributed by atoms with Crippen molar-refractivity contribution >= 4 is 28.9 Å². The molecule has 1 aliphatic rings. The smallest absolute Gasteiger partial charge is 0.226 e. The van der Waals surface area contributed by atoms with Crippen LogP contribution in [-0.4, -0.2) is 39.1 Å². The number of pyridine rings is 1. The molecule has 0 spiro atoms. The van der Waals surface area contributed by atoms with E-state index in [-0.39, 0.29) is 18.0 Å². The van der Waals surface area contributed by atoms with E-state index in [1.54, 1.807) is 13.3 Å². The van der Waals surface area contributed by atoms with E-state index in [1.807, 2.05) is 62.4 Å². The molecule has 0 radical (unpaired) electrons. The number of nitrogens with one attached hydrogen (secondary N) is 2. The summed E-state index contributed by atoms with van der Waals surface area (Å²) in [5.41, 5.74) is 8.33. The van der Waals surface area contributed by atoms with Gasteiger partial charge in [-0.25, -0.2) is 0 Å². The van der Waals surface area contributed by atoms with Crippen LogP contribution in [0.3, 0.4) is 0 Å². The maximum Gasteiger partial charge on any atom is 0.226 e. The molecule has 1 aliphatic heterocycles. The first kappa shape index (κ1) is 27.4. The van der Waals surface area contributed by atoms with E-state index in [0.29, 0.717) is 18.1 Å². The van der Waals surface area contributed by atoms with Gasteiger partial charge >= 0.3 is 0 Å². The molecule has 2 N–H and O–H groups in total. The molecule has 0 aliphatic carbocycles. The fourth-order valence-corrected chi connectivity index (χ4v) is 5.84. The average molecular weight is 554 g/mol. The van der Waals surface area contributed by atoms with Crippen LogP contribution >= 0.6 is 12.2 Å². The average Bonchev–Trinajstić information content (AvgIpc) is 3.44. The summed E-state index contributed by atoms with van der Waals surface area (Å²) in [6.07, 6.45) is 2.11. The molecule has 3 heterocycles. The first-order valence-corrected chi connectivity index (χ1v) is 13.9. The Balaban J connectivity index is 1.46. The summed E-state index contributed by atoms with van der Waals surface area (Å²) in [6, 6.07) is 22.0. The Morgan fingerprint density at radius 1 is 1.05 bits per heavy atom. The van der Waals surface area contributed by atoms with E-state index in [2.05, 4.69) is 57.1 Å². The van der Waals surface area contributed by atoms with Gasteiger partial charge in [-0.2, -0.15) is 0 Å². The fourth-order valence-electron chi connectivity index (χ4n) is 5.51. The summed E-state index contributed by atoms with van der Waals surface area (Å²) in [7, 11) is 1.67. The van der Waals surface area contributed by atoms with Crippen LogP contribution in [-0.2, 0) is 4.79 Å². The molecule has 206 valence electrons. The van der Waals surface area contributed by atoms with Gasteiger partial charge in [0.25, 0.3) is 0 Å². The third-order valence-corrected chi connectivity index (χ3v) is 7.92. The maximum atomic E-state index is 13.1. The van der Waals surface area contributed by atoms with E-state index in [0.717, 1.165) is 50.9 Å². The van der Waals surface area contributed by atoms with Gasteiger partial charge in [-0.05, 0) is 105 Å². The minimum absolute atomic E-state index is 0.0414. The number of carbonyl (C=O) groups is 1. The number of aromatic nitrogens is 2. The van der Waals surface area contributed by atoms with Gasteiger partial charge in [0.05, 0.1) is 24.9 Å². The number of nitrogens with zero attached hydrogens (tertiary/aromatic N) is 3. The number of carbonyl (C=O) groups excluding carboxylic acids is 1. The second-order valence-electron chi connectivity index (χ2n) is 10.3. The Bertz CT molecular complexity index is 1530. The zero-order valence-corrected chi connectivity index (χ0v) is 24.4. The minimum atomic E-state index is -0.152. The monoisotopic (exact) mass is 553 g/mol. The Hall–Kier alpha value is -4.17. The maximum absolute atomic E-state index is 13.1. The van der Waals surface area contributed by atoms with Gasteiger partial charge in [-0.1, -0.05) is 18.2 Å². The zero-order valence-electron chi connectivity index (χ0n) is 23.6. The number of amides is 1. The molecule has 5 rings (SSSR count). The number of anilines is 1. The van der Waals surface area contributed by atoms with Gasteiger partial charge in [0.2, 0.25) is 5.91 Å². The summed E-state index contributed by atoms with van der Waals surface area (Å²) >= 11 is 5.85. The molecule has 7 nitrogen and oxygen atoms in total. The van der Waals surface area contributed by atoms with Crippen LogP contribution in [0.1, 0.15) is 52.3 Å². The molecular weight excluding hydrogens is 518 g/mol. The third kappa shape index (κ3) is 5.45. The van der Waals surface area contributed by atoms with Gasteiger partial charge in [-0.3, -0.25) is 9.78 Å². The van der Waals surface area contributed by atoms with Crippen molar-refractivity contribution in [3.63, 3.8) is 0 Å². The number of hydrogen-bond acceptors (Lipinski definition) is 4. The number of ether oxygens (including phenoxy) is 1. The SMILES string of the molecule is COc1ccc(-n2c(C)cc([C@H]3[C@H](c4ccccn4)NC(=S)N3CCC(=O)Nc3cc(C)ccc3C)c2C)cc1. The predicted molar refractivity (Wildman–Crippen MR) is 163 cm³/mol. The van der Waals surface area contributed by atoms with Crippen molar-refractivity contribution in [1.29, 1.82) is 0 Å². The van der Waals surface area contributed by atoms with E-state index in [1.165, 1.54) is 0 Å². The van der Waals surface area contributed by atoms with Crippen molar-refractivity contribution in [3.8, 4) is 11.4 Å². The highest BCUT2D eigenvalue weighted by Crippen LogP contribution is 2.41. The number of benzene rings is 2. The summed E-state index contributed by atoms with van der Waals surface area (Å²) in [5, 5.41) is 7.21. The Morgan fingerprint density at radius 3 is 2.52 bits per heavy atom. The quantitative estimate of drug-likeness (QED) is 0.256. The lowest BCUT2D eigenvalue weighted by Gasteiger charge is -2.28. The minimum Gasteiger partial charge on any atom is -0.497 e. The van der Waals surface area contributed by atoms with E-state index in [4.69, 9.17) is 17.0 Å². The molecule has 0 saturated carbocycles. The lowest BCUT2D eigenvalue weighted by Crippen LogP contribution is -2.33. The van der Waals surface area contributed by atoms with Crippen LogP contribution in [0, 0.1) is 27.7 Å². The Kier molecular flexibility index (Phi) is 7.89. The van der Waals surface area contributed by atoms with E-state index < -0.39 is 0 Å². The lowest BCUT2D eigenvalue weighted by atomic mass is 9.96. The highest BCUT2D eigenvalue weighted by atomic mass is 32.1. The molecule has 1 fully saturated rings.